The molecule has 1 rings (SSSR count). The molecule has 1 aliphatic carbocycles. The minimum atomic E-state index is -2.66. The van der Waals surface area contributed by atoms with Crippen molar-refractivity contribution in [2.45, 2.75) is 24.9 Å². The molecule has 0 aromatic carbocycles. The summed E-state index contributed by atoms with van der Waals surface area (Å²) in [5, 5.41) is 0. The summed E-state index contributed by atoms with van der Waals surface area (Å²) in [7, 11) is 0. The van der Waals surface area contributed by atoms with Crippen molar-refractivity contribution in [2.75, 3.05) is 0 Å². The molecule has 1 aliphatic rings. The van der Waals surface area contributed by atoms with Crippen LogP contribution in [0.1, 0.15) is 19.3 Å². The number of primary amides is 1. The number of amides is 1. The maximum absolute atomic E-state index is 10.7. The number of hydrogen-bond acceptors (Lipinski definition) is 4. The number of carbonyl (C=O) groups is 1. The van der Waals surface area contributed by atoms with Crippen molar-refractivity contribution in [3.05, 3.63) is 0 Å². The fraction of sp³-hybridized carbons (Fsp3) is 0.800. The second-order valence-corrected chi connectivity index (χ2v) is 3.07. The van der Waals surface area contributed by atoms with Crippen molar-refractivity contribution in [1.82, 2.24) is 0 Å². The highest BCUT2D eigenvalue weighted by atomic mass is 32.2. The molecule has 1 saturated carbocycles. The number of carbonyl (C=O) groups excluding carboxylic acids is 1. The lowest BCUT2D eigenvalue weighted by atomic mass is 9.80. The van der Waals surface area contributed by atoms with Gasteiger partial charge < -0.3 is 10.3 Å². The Hall–Kier alpha value is -0.460. The van der Waals surface area contributed by atoms with Gasteiger partial charge in [0, 0.05) is 0 Å². The molecule has 1 fully saturated rings. The normalized spacial score (nSPS) is 23.7. The molecular formula is C5H8NO4S-. The van der Waals surface area contributed by atoms with E-state index in [2.05, 4.69) is 4.18 Å². The zero-order valence-corrected chi connectivity index (χ0v) is 6.56. The molecule has 0 heterocycles. The summed E-state index contributed by atoms with van der Waals surface area (Å²) >= 11 is -2.66. The third kappa shape index (κ3) is 1.58. The summed E-state index contributed by atoms with van der Waals surface area (Å²) in [4.78, 5) is 10.7. The average molecular weight is 178 g/mol. The first-order valence-electron chi connectivity index (χ1n) is 3.15. The van der Waals surface area contributed by atoms with E-state index in [4.69, 9.17) is 5.73 Å². The van der Waals surface area contributed by atoms with Gasteiger partial charge in [-0.2, -0.15) is 0 Å². The Balaban J connectivity index is 2.61. The fourth-order valence-electron chi connectivity index (χ4n) is 0.999. The summed E-state index contributed by atoms with van der Waals surface area (Å²) < 4.78 is 24.5. The lowest BCUT2D eigenvalue weighted by Crippen LogP contribution is -2.51. The van der Waals surface area contributed by atoms with Crippen LogP contribution in [0, 0.1) is 0 Å². The molecule has 0 aromatic rings. The minimum Gasteiger partial charge on any atom is -0.750 e. The zero-order chi connectivity index (χ0) is 8.48. The van der Waals surface area contributed by atoms with Crippen LogP contribution in [-0.4, -0.2) is 20.3 Å². The predicted molar refractivity (Wildman–Crippen MR) is 35.8 cm³/mol. The van der Waals surface area contributed by atoms with Gasteiger partial charge in [0.05, 0.1) is 11.4 Å². The van der Waals surface area contributed by atoms with Crippen molar-refractivity contribution in [3.63, 3.8) is 0 Å². The van der Waals surface area contributed by atoms with Crippen LogP contribution in [0.2, 0.25) is 0 Å². The van der Waals surface area contributed by atoms with E-state index in [1.807, 2.05) is 0 Å². The van der Waals surface area contributed by atoms with Gasteiger partial charge in [0.15, 0.2) is 5.60 Å². The SMILES string of the molecule is NC(=O)C1(OS(=O)[O-])CCC1. The number of hydrogen-bond donors (Lipinski definition) is 1. The molecule has 0 aliphatic heterocycles. The van der Waals surface area contributed by atoms with Gasteiger partial charge in [0.1, 0.15) is 0 Å². The van der Waals surface area contributed by atoms with Crippen molar-refractivity contribution in [2.24, 2.45) is 5.73 Å². The summed E-state index contributed by atoms with van der Waals surface area (Å²) in [5.41, 5.74) is 3.71. The first kappa shape index (κ1) is 8.63. The predicted octanol–water partition coefficient (Wildman–Crippen LogP) is -0.795. The highest BCUT2D eigenvalue weighted by molar-refractivity contribution is 7.74. The molecule has 1 amide bonds. The van der Waals surface area contributed by atoms with Crippen molar-refractivity contribution in [3.8, 4) is 0 Å². The monoisotopic (exact) mass is 178 g/mol. The third-order valence-electron chi connectivity index (χ3n) is 1.84. The molecule has 0 spiro atoms. The zero-order valence-electron chi connectivity index (χ0n) is 5.74. The van der Waals surface area contributed by atoms with Crippen LogP contribution >= 0.6 is 0 Å². The van der Waals surface area contributed by atoms with Gasteiger partial charge in [0.2, 0.25) is 0 Å². The molecular weight excluding hydrogens is 170 g/mol. The van der Waals surface area contributed by atoms with Gasteiger partial charge in [-0.25, -0.2) is 4.21 Å². The molecule has 1 unspecified atom stereocenters. The Bertz CT molecular complexity index is 201. The Labute approximate surface area is 66.4 Å². The van der Waals surface area contributed by atoms with Crippen LogP contribution < -0.4 is 5.73 Å². The van der Waals surface area contributed by atoms with Gasteiger partial charge in [0.25, 0.3) is 5.91 Å². The first-order chi connectivity index (χ1) is 5.07. The topological polar surface area (TPSA) is 92.5 Å². The van der Waals surface area contributed by atoms with Crippen LogP contribution in [0.4, 0.5) is 0 Å². The van der Waals surface area contributed by atoms with E-state index in [0.29, 0.717) is 12.8 Å². The first-order valence-corrected chi connectivity index (χ1v) is 4.15. The summed E-state index contributed by atoms with van der Waals surface area (Å²) in [6, 6.07) is 0. The molecule has 11 heavy (non-hydrogen) atoms. The molecule has 0 radical (unpaired) electrons. The second-order valence-electron chi connectivity index (χ2n) is 2.50. The van der Waals surface area contributed by atoms with Gasteiger partial charge in [-0.05, 0) is 19.3 Å². The fourth-order valence-corrected chi connectivity index (χ4v) is 1.51. The highest BCUT2D eigenvalue weighted by Crippen LogP contribution is 2.35. The van der Waals surface area contributed by atoms with Gasteiger partial charge >= 0.3 is 0 Å². The summed E-state index contributed by atoms with van der Waals surface area (Å²) in [5.74, 6) is -0.701. The summed E-state index contributed by atoms with van der Waals surface area (Å²) in [6.07, 6.45) is 1.58. The van der Waals surface area contributed by atoms with E-state index in [1.54, 1.807) is 0 Å². The second kappa shape index (κ2) is 2.88. The van der Waals surface area contributed by atoms with Gasteiger partial charge in [-0.3, -0.25) is 8.98 Å². The molecule has 6 heteroatoms. The summed E-state index contributed by atoms with van der Waals surface area (Å²) in [6.45, 7) is 0. The van der Waals surface area contributed by atoms with Crippen LogP contribution in [0.5, 0.6) is 0 Å². The standard InChI is InChI=1S/C5H9NO4S/c6-4(7)5(2-1-3-5)10-11(8)9/h1-3H2,(H2,6,7)(H,8,9)/p-1. The quantitative estimate of drug-likeness (QED) is 0.573. The number of nitrogens with two attached hydrogens (primary N) is 1. The van der Waals surface area contributed by atoms with Crippen LogP contribution in [0.15, 0.2) is 0 Å². The van der Waals surface area contributed by atoms with E-state index in [0.717, 1.165) is 6.42 Å². The smallest absolute Gasteiger partial charge is 0.251 e. The van der Waals surface area contributed by atoms with Gasteiger partial charge in [-0.15, -0.1) is 0 Å². The Kier molecular flexibility index (Phi) is 2.26. The van der Waals surface area contributed by atoms with Crippen molar-refractivity contribution < 1.29 is 17.7 Å². The maximum atomic E-state index is 10.7. The lowest BCUT2D eigenvalue weighted by molar-refractivity contribution is -0.140. The Morgan fingerprint density at radius 3 is 2.27 bits per heavy atom. The number of rotatable bonds is 3. The average Bonchev–Trinajstić information content (AvgIpc) is 1.77. The Morgan fingerprint density at radius 1 is 1.64 bits per heavy atom. The van der Waals surface area contributed by atoms with Crippen molar-refractivity contribution in [1.29, 1.82) is 0 Å². The molecule has 5 nitrogen and oxygen atoms in total. The highest BCUT2D eigenvalue weighted by Gasteiger charge is 2.44. The van der Waals surface area contributed by atoms with Crippen LogP contribution in [-0.2, 0) is 20.3 Å². The van der Waals surface area contributed by atoms with Crippen molar-refractivity contribution >= 4 is 17.3 Å². The minimum absolute atomic E-state index is 0.399. The van der Waals surface area contributed by atoms with E-state index < -0.39 is 22.9 Å². The molecule has 0 saturated heterocycles. The van der Waals surface area contributed by atoms with E-state index >= 15 is 0 Å². The Morgan fingerprint density at radius 2 is 2.18 bits per heavy atom. The third-order valence-corrected chi connectivity index (χ3v) is 2.29. The van der Waals surface area contributed by atoms with E-state index in [1.165, 1.54) is 0 Å². The largest absolute Gasteiger partial charge is 0.750 e. The molecule has 2 N–H and O–H groups in total. The van der Waals surface area contributed by atoms with E-state index in [-0.39, 0.29) is 0 Å². The molecule has 0 aromatic heterocycles. The molecule has 0 bridgehead atoms. The lowest BCUT2D eigenvalue weighted by Gasteiger charge is -2.37. The van der Waals surface area contributed by atoms with Crippen LogP contribution in [0.3, 0.4) is 0 Å². The molecule has 64 valence electrons. The van der Waals surface area contributed by atoms with Crippen LogP contribution in [0.25, 0.3) is 0 Å². The maximum Gasteiger partial charge on any atom is 0.251 e. The van der Waals surface area contributed by atoms with E-state index in [9.17, 15) is 13.6 Å². The van der Waals surface area contributed by atoms with Gasteiger partial charge in [-0.1, -0.05) is 0 Å². The molecule has 1 atom stereocenters.